The molecule has 1 aromatic carbocycles. The standard InChI is InChI=1S/C19H25N3O3/c1-12(13-6-7-13)21(14-8-9-14)11-18(23)22-10-17(19(20)24)25-16-5-3-2-4-15(16)22/h2-5,12-14,17H,6-11H2,1H3,(H2,20,24). The molecule has 0 spiro atoms. The summed E-state index contributed by atoms with van der Waals surface area (Å²) in [5, 5.41) is 0. The molecule has 0 saturated heterocycles. The maximum Gasteiger partial charge on any atom is 0.260 e. The number of benzene rings is 1. The first-order valence-corrected chi connectivity index (χ1v) is 9.15. The van der Waals surface area contributed by atoms with Crippen LogP contribution in [0.25, 0.3) is 0 Å². The molecule has 2 amide bonds. The van der Waals surface area contributed by atoms with Gasteiger partial charge in [0.15, 0.2) is 6.10 Å². The highest BCUT2D eigenvalue weighted by Crippen LogP contribution is 2.40. The molecular formula is C19H25N3O3. The van der Waals surface area contributed by atoms with Crippen LogP contribution in [0.3, 0.4) is 0 Å². The van der Waals surface area contributed by atoms with Crippen LogP contribution in [0, 0.1) is 5.92 Å². The van der Waals surface area contributed by atoms with Crippen LogP contribution < -0.4 is 15.4 Å². The van der Waals surface area contributed by atoms with E-state index in [0.29, 0.717) is 24.4 Å². The van der Waals surface area contributed by atoms with Crippen LogP contribution in [0.4, 0.5) is 5.69 Å². The molecule has 1 aliphatic heterocycles. The molecular weight excluding hydrogens is 318 g/mol. The Morgan fingerprint density at radius 1 is 1.28 bits per heavy atom. The predicted octanol–water partition coefficient (Wildman–Crippen LogP) is 1.53. The maximum atomic E-state index is 13.1. The zero-order valence-electron chi connectivity index (χ0n) is 14.6. The largest absolute Gasteiger partial charge is 0.477 e. The SMILES string of the molecule is CC(C1CC1)N(CC(=O)N1CC(C(N)=O)Oc2ccccc21)C1CC1. The summed E-state index contributed by atoms with van der Waals surface area (Å²) in [6, 6.07) is 8.31. The lowest BCUT2D eigenvalue weighted by Gasteiger charge is -2.36. The fourth-order valence-corrected chi connectivity index (χ4v) is 3.72. The molecule has 1 heterocycles. The zero-order chi connectivity index (χ0) is 17.6. The Hall–Kier alpha value is -2.08. The Bertz CT molecular complexity index is 684. The summed E-state index contributed by atoms with van der Waals surface area (Å²) in [6.07, 6.45) is 4.09. The van der Waals surface area contributed by atoms with Gasteiger partial charge in [0, 0.05) is 12.1 Å². The Morgan fingerprint density at radius 3 is 2.64 bits per heavy atom. The van der Waals surface area contributed by atoms with Gasteiger partial charge in [-0.3, -0.25) is 14.5 Å². The normalized spacial score (nSPS) is 23.8. The third kappa shape index (κ3) is 3.35. The van der Waals surface area contributed by atoms with Crippen LogP contribution in [-0.4, -0.2) is 48.0 Å². The smallest absolute Gasteiger partial charge is 0.260 e. The van der Waals surface area contributed by atoms with Crippen molar-refractivity contribution in [3.63, 3.8) is 0 Å². The monoisotopic (exact) mass is 343 g/mol. The maximum absolute atomic E-state index is 13.1. The van der Waals surface area contributed by atoms with E-state index in [9.17, 15) is 9.59 Å². The van der Waals surface area contributed by atoms with Gasteiger partial charge in [-0.1, -0.05) is 12.1 Å². The van der Waals surface area contributed by atoms with Gasteiger partial charge in [0.25, 0.3) is 5.91 Å². The van der Waals surface area contributed by atoms with E-state index in [4.69, 9.17) is 10.5 Å². The van der Waals surface area contributed by atoms with Gasteiger partial charge in [0.2, 0.25) is 5.91 Å². The fraction of sp³-hybridized carbons (Fsp3) is 0.579. The van der Waals surface area contributed by atoms with Crippen LogP contribution in [0.2, 0.25) is 0 Å². The summed E-state index contributed by atoms with van der Waals surface area (Å²) in [6.45, 7) is 2.81. The second kappa shape index (κ2) is 6.33. The highest BCUT2D eigenvalue weighted by Gasteiger charge is 2.41. The molecule has 3 aliphatic rings. The van der Waals surface area contributed by atoms with Gasteiger partial charge in [-0.25, -0.2) is 0 Å². The number of carbonyl (C=O) groups is 2. The van der Waals surface area contributed by atoms with Gasteiger partial charge in [0.05, 0.1) is 18.8 Å². The molecule has 6 heteroatoms. The van der Waals surface area contributed by atoms with Crippen LogP contribution >= 0.6 is 0 Å². The lowest BCUT2D eigenvalue weighted by atomic mass is 10.1. The van der Waals surface area contributed by atoms with E-state index >= 15 is 0 Å². The van der Waals surface area contributed by atoms with Crippen molar-refractivity contribution in [2.75, 3.05) is 18.0 Å². The van der Waals surface area contributed by atoms with Crippen LogP contribution in [-0.2, 0) is 9.59 Å². The molecule has 2 saturated carbocycles. The van der Waals surface area contributed by atoms with Gasteiger partial charge in [-0.2, -0.15) is 0 Å². The van der Waals surface area contributed by atoms with Crippen molar-refractivity contribution in [2.45, 2.75) is 50.8 Å². The molecule has 4 rings (SSSR count). The molecule has 6 nitrogen and oxygen atoms in total. The first-order valence-electron chi connectivity index (χ1n) is 9.15. The second-order valence-electron chi connectivity index (χ2n) is 7.46. The topological polar surface area (TPSA) is 75.9 Å². The lowest BCUT2D eigenvalue weighted by molar-refractivity contribution is -0.125. The van der Waals surface area contributed by atoms with E-state index in [2.05, 4.69) is 11.8 Å². The second-order valence-corrected chi connectivity index (χ2v) is 7.46. The number of rotatable bonds is 6. The first kappa shape index (κ1) is 16.4. The van der Waals surface area contributed by atoms with Crippen LogP contribution in [0.15, 0.2) is 24.3 Å². The van der Waals surface area contributed by atoms with Crippen LogP contribution in [0.5, 0.6) is 5.75 Å². The van der Waals surface area contributed by atoms with E-state index in [1.54, 1.807) is 11.0 Å². The van der Waals surface area contributed by atoms with Crippen LogP contribution in [0.1, 0.15) is 32.6 Å². The Morgan fingerprint density at radius 2 is 2.00 bits per heavy atom. The lowest BCUT2D eigenvalue weighted by Crippen LogP contribution is -2.52. The molecule has 2 aliphatic carbocycles. The van der Waals surface area contributed by atoms with Crippen molar-refractivity contribution in [1.29, 1.82) is 0 Å². The minimum absolute atomic E-state index is 0.0152. The van der Waals surface area contributed by atoms with Gasteiger partial charge in [0.1, 0.15) is 5.75 Å². The summed E-state index contributed by atoms with van der Waals surface area (Å²) in [5.74, 6) is 0.738. The third-order valence-electron chi connectivity index (χ3n) is 5.55. The van der Waals surface area contributed by atoms with Crippen molar-refractivity contribution >= 4 is 17.5 Å². The summed E-state index contributed by atoms with van der Waals surface area (Å²) in [4.78, 5) is 28.8. The molecule has 2 unspecified atom stereocenters. The molecule has 0 aromatic heterocycles. The molecule has 134 valence electrons. The van der Waals surface area contributed by atoms with Gasteiger partial charge in [-0.05, 0) is 50.7 Å². The molecule has 0 radical (unpaired) electrons. The Labute approximate surface area is 147 Å². The van der Waals surface area contributed by atoms with Crippen molar-refractivity contribution in [3.8, 4) is 5.75 Å². The first-order chi connectivity index (χ1) is 12.0. The van der Waals surface area contributed by atoms with E-state index in [-0.39, 0.29) is 12.5 Å². The van der Waals surface area contributed by atoms with Gasteiger partial charge < -0.3 is 15.4 Å². The average Bonchev–Trinajstić information content (AvgIpc) is 3.49. The number of ether oxygens (including phenoxy) is 1. The Balaban J connectivity index is 1.54. The minimum atomic E-state index is -0.797. The average molecular weight is 343 g/mol. The summed E-state index contributed by atoms with van der Waals surface area (Å²) in [7, 11) is 0. The predicted molar refractivity (Wildman–Crippen MR) is 94.3 cm³/mol. The minimum Gasteiger partial charge on any atom is -0.477 e. The van der Waals surface area contributed by atoms with Crippen molar-refractivity contribution in [3.05, 3.63) is 24.3 Å². The quantitative estimate of drug-likeness (QED) is 0.850. The molecule has 1 aromatic rings. The number of amides is 2. The summed E-state index contributed by atoms with van der Waals surface area (Å²) in [5.41, 5.74) is 6.15. The van der Waals surface area contributed by atoms with Gasteiger partial charge in [-0.15, -0.1) is 0 Å². The number of carbonyl (C=O) groups excluding carboxylic acids is 2. The number of para-hydroxylation sites is 2. The number of nitrogens with zero attached hydrogens (tertiary/aromatic N) is 2. The van der Waals surface area contributed by atoms with E-state index < -0.39 is 12.0 Å². The molecule has 2 fully saturated rings. The number of hydrogen-bond donors (Lipinski definition) is 1. The van der Waals surface area contributed by atoms with E-state index in [0.717, 1.165) is 11.6 Å². The van der Waals surface area contributed by atoms with Crippen molar-refractivity contribution in [1.82, 2.24) is 4.90 Å². The third-order valence-corrected chi connectivity index (χ3v) is 5.55. The number of fused-ring (bicyclic) bond motifs is 1. The number of nitrogens with two attached hydrogens (primary N) is 1. The molecule has 25 heavy (non-hydrogen) atoms. The summed E-state index contributed by atoms with van der Waals surface area (Å²) >= 11 is 0. The molecule has 0 bridgehead atoms. The van der Waals surface area contributed by atoms with E-state index in [1.165, 1.54) is 25.7 Å². The Kier molecular flexibility index (Phi) is 4.15. The number of hydrogen-bond acceptors (Lipinski definition) is 4. The van der Waals surface area contributed by atoms with E-state index in [1.807, 2.05) is 18.2 Å². The molecule has 2 atom stereocenters. The van der Waals surface area contributed by atoms with Crippen molar-refractivity contribution in [2.24, 2.45) is 11.7 Å². The highest BCUT2D eigenvalue weighted by molar-refractivity contribution is 5.98. The molecule has 2 N–H and O–H groups in total. The van der Waals surface area contributed by atoms with Gasteiger partial charge >= 0.3 is 0 Å². The van der Waals surface area contributed by atoms with Crippen molar-refractivity contribution < 1.29 is 14.3 Å². The summed E-state index contributed by atoms with van der Waals surface area (Å²) < 4.78 is 5.65. The number of anilines is 1. The zero-order valence-corrected chi connectivity index (χ0v) is 14.6. The number of primary amides is 1. The highest BCUT2D eigenvalue weighted by atomic mass is 16.5. The fourth-order valence-electron chi connectivity index (χ4n) is 3.72.